The molecule has 1 unspecified atom stereocenters. The molecule has 6 heteroatoms. The number of carbonyl (C=O) groups is 2. The Balaban J connectivity index is 1.45. The van der Waals surface area contributed by atoms with Gasteiger partial charge in [-0.25, -0.2) is 9.59 Å². The molecule has 0 spiro atoms. The third kappa shape index (κ3) is 4.06. The number of hydrogen-bond donors (Lipinski definition) is 0. The number of benzene rings is 1. The molecule has 2 amide bonds. The fourth-order valence-corrected chi connectivity index (χ4v) is 3.49. The number of hydrogen-bond acceptors (Lipinski definition) is 4. The molecule has 1 aliphatic heterocycles. The van der Waals surface area contributed by atoms with Gasteiger partial charge in [-0.15, -0.1) is 0 Å². The van der Waals surface area contributed by atoms with Crippen molar-refractivity contribution in [3.63, 3.8) is 0 Å². The van der Waals surface area contributed by atoms with Gasteiger partial charge >= 0.3 is 12.2 Å². The lowest BCUT2D eigenvalue weighted by Gasteiger charge is -2.27. The molecule has 6 nitrogen and oxygen atoms in total. The van der Waals surface area contributed by atoms with E-state index in [1.165, 1.54) is 0 Å². The Kier molecular flexibility index (Phi) is 4.62. The van der Waals surface area contributed by atoms with E-state index < -0.39 is 5.60 Å². The van der Waals surface area contributed by atoms with E-state index in [0.29, 0.717) is 24.9 Å². The molecule has 1 aromatic carbocycles. The largest absolute Gasteiger partial charge is 0.445 e. The second-order valence-electron chi connectivity index (χ2n) is 7.85. The van der Waals surface area contributed by atoms with Crippen LogP contribution in [0.3, 0.4) is 0 Å². The summed E-state index contributed by atoms with van der Waals surface area (Å²) in [6.07, 6.45) is -0.583. The van der Waals surface area contributed by atoms with E-state index in [9.17, 15) is 9.59 Å². The third-order valence-electron chi connectivity index (χ3n) is 4.74. The van der Waals surface area contributed by atoms with Gasteiger partial charge in [0, 0.05) is 38.0 Å². The van der Waals surface area contributed by atoms with E-state index in [1.807, 2.05) is 51.1 Å². The molecule has 1 saturated heterocycles. The van der Waals surface area contributed by atoms with Gasteiger partial charge < -0.3 is 19.3 Å². The van der Waals surface area contributed by atoms with Gasteiger partial charge in [-0.3, -0.25) is 0 Å². The minimum absolute atomic E-state index is 0.155. The van der Waals surface area contributed by atoms with Crippen LogP contribution in [0.25, 0.3) is 0 Å². The van der Waals surface area contributed by atoms with Crippen molar-refractivity contribution in [3.8, 4) is 0 Å². The van der Waals surface area contributed by atoms with Crippen molar-refractivity contribution >= 4 is 12.2 Å². The molecular weight excluding hydrogens is 320 g/mol. The van der Waals surface area contributed by atoms with E-state index in [4.69, 9.17) is 9.47 Å². The number of rotatable bonds is 3. The molecule has 2 fully saturated rings. The van der Waals surface area contributed by atoms with Crippen LogP contribution in [-0.2, 0) is 16.1 Å². The first-order valence-corrected chi connectivity index (χ1v) is 8.68. The highest BCUT2D eigenvalue weighted by molar-refractivity contribution is 5.70. The first kappa shape index (κ1) is 17.6. The van der Waals surface area contributed by atoms with Gasteiger partial charge in [0.05, 0.1) is 0 Å². The summed E-state index contributed by atoms with van der Waals surface area (Å²) in [5, 5.41) is 0. The maximum absolute atomic E-state index is 12.2. The Morgan fingerprint density at radius 3 is 2.32 bits per heavy atom. The SMILES string of the molecule is CN(C(=O)OCc1ccccc1)[C@H]1C2CN(C(=O)OC(C)(C)C)C[C@@H]21. The minimum Gasteiger partial charge on any atom is -0.445 e. The van der Waals surface area contributed by atoms with E-state index in [-0.39, 0.29) is 24.8 Å². The second kappa shape index (κ2) is 6.58. The molecule has 3 rings (SSSR count). The standard InChI is InChI=1S/C19H26N2O4/c1-19(2,3)25-18(23)21-10-14-15(11-21)16(14)20(4)17(22)24-12-13-8-6-5-7-9-13/h5-9,14-16H,10-12H2,1-4H3/t14-,15?,16+/m0/s1. The topological polar surface area (TPSA) is 59.1 Å². The summed E-state index contributed by atoms with van der Waals surface area (Å²) in [6, 6.07) is 9.78. The van der Waals surface area contributed by atoms with Crippen molar-refractivity contribution in [2.24, 2.45) is 11.8 Å². The predicted octanol–water partition coefficient (Wildman–Crippen LogP) is 3.12. The van der Waals surface area contributed by atoms with E-state index >= 15 is 0 Å². The summed E-state index contributed by atoms with van der Waals surface area (Å²) in [6.45, 7) is 7.14. The lowest BCUT2D eigenvalue weighted by molar-refractivity contribution is 0.0258. The Bertz CT molecular complexity index is 629. The molecule has 0 bridgehead atoms. The number of nitrogens with zero attached hydrogens (tertiary/aromatic N) is 2. The number of piperidine rings is 1. The number of ether oxygens (including phenoxy) is 2. The Morgan fingerprint density at radius 2 is 1.76 bits per heavy atom. The molecule has 1 heterocycles. The van der Waals surface area contributed by atoms with Crippen LogP contribution in [0.2, 0.25) is 0 Å². The van der Waals surface area contributed by atoms with E-state index in [1.54, 1.807) is 16.8 Å². The first-order valence-electron chi connectivity index (χ1n) is 8.68. The molecule has 25 heavy (non-hydrogen) atoms. The van der Waals surface area contributed by atoms with Crippen LogP contribution in [0.4, 0.5) is 9.59 Å². The summed E-state index contributed by atoms with van der Waals surface area (Å²) in [7, 11) is 1.77. The lowest BCUT2D eigenvalue weighted by atomic mass is 10.2. The molecule has 0 N–H and O–H groups in total. The van der Waals surface area contributed by atoms with Crippen molar-refractivity contribution in [1.29, 1.82) is 0 Å². The Hall–Kier alpha value is -2.24. The van der Waals surface area contributed by atoms with E-state index in [2.05, 4.69) is 0 Å². The highest BCUT2D eigenvalue weighted by Gasteiger charge is 2.60. The zero-order valence-electron chi connectivity index (χ0n) is 15.3. The van der Waals surface area contributed by atoms with Gasteiger partial charge in [0.25, 0.3) is 0 Å². The number of amides is 2. The number of carbonyl (C=O) groups excluding carboxylic acids is 2. The number of likely N-dealkylation sites (tertiary alicyclic amines) is 1. The fourth-order valence-electron chi connectivity index (χ4n) is 3.49. The second-order valence-corrected chi connectivity index (χ2v) is 7.85. The summed E-state index contributed by atoms with van der Waals surface area (Å²) < 4.78 is 10.8. The quantitative estimate of drug-likeness (QED) is 0.844. The van der Waals surface area contributed by atoms with Crippen molar-refractivity contribution in [2.45, 2.75) is 39.0 Å². The van der Waals surface area contributed by atoms with Crippen molar-refractivity contribution in [3.05, 3.63) is 35.9 Å². The minimum atomic E-state index is -0.485. The van der Waals surface area contributed by atoms with Crippen molar-refractivity contribution < 1.29 is 19.1 Å². The van der Waals surface area contributed by atoms with Gasteiger partial charge in [0.1, 0.15) is 12.2 Å². The first-order chi connectivity index (χ1) is 11.8. The zero-order chi connectivity index (χ0) is 18.2. The Morgan fingerprint density at radius 1 is 1.16 bits per heavy atom. The summed E-state index contributed by atoms with van der Waals surface area (Å²) in [5.74, 6) is 0.642. The lowest BCUT2D eigenvalue weighted by Crippen LogP contribution is -2.40. The fraction of sp³-hybridized carbons (Fsp3) is 0.579. The highest BCUT2D eigenvalue weighted by Crippen LogP contribution is 2.48. The maximum atomic E-state index is 12.2. The van der Waals surface area contributed by atoms with Crippen molar-refractivity contribution in [2.75, 3.05) is 20.1 Å². The van der Waals surface area contributed by atoms with Crippen LogP contribution in [0.1, 0.15) is 26.3 Å². The third-order valence-corrected chi connectivity index (χ3v) is 4.74. The van der Waals surface area contributed by atoms with Gasteiger partial charge in [-0.05, 0) is 26.3 Å². The van der Waals surface area contributed by atoms with Gasteiger partial charge in [0.2, 0.25) is 0 Å². The average Bonchev–Trinajstić information content (AvgIpc) is 3.04. The molecule has 0 aromatic heterocycles. The smallest absolute Gasteiger partial charge is 0.410 e. The van der Waals surface area contributed by atoms with Crippen LogP contribution in [0.15, 0.2) is 30.3 Å². The summed E-state index contributed by atoms with van der Waals surface area (Å²) in [4.78, 5) is 27.7. The summed E-state index contributed by atoms with van der Waals surface area (Å²) in [5.41, 5.74) is 0.484. The highest BCUT2D eigenvalue weighted by atomic mass is 16.6. The molecule has 3 atom stereocenters. The zero-order valence-corrected chi connectivity index (χ0v) is 15.3. The Labute approximate surface area is 148 Å². The molecule has 2 aliphatic rings. The molecule has 0 radical (unpaired) electrons. The number of fused-ring (bicyclic) bond motifs is 1. The monoisotopic (exact) mass is 346 g/mol. The predicted molar refractivity (Wildman–Crippen MR) is 93.0 cm³/mol. The van der Waals surface area contributed by atoms with Crippen LogP contribution in [0.5, 0.6) is 0 Å². The van der Waals surface area contributed by atoms with Crippen molar-refractivity contribution in [1.82, 2.24) is 9.80 Å². The average molecular weight is 346 g/mol. The summed E-state index contributed by atoms with van der Waals surface area (Å²) >= 11 is 0. The van der Waals surface area contributed by atoms with Gasteiger partial charge in [-0.1, -0.05) is 30.3 Å². The molecule has 1 aliphatic carbocycles. The van der Waals surface area contributed by atoms with Crippen LogP contribution in [0, 0.1) is 11.8 Å². The van der Waals surface area contributed by atoms with E-state index in [0.717, 1.165) is 5.56 Å². The van der Waals surface area contributed by atoms with Crippen LogP contribution < -0.4 is 0 Å². The van der Waals surface area contributed by atoms with Gasteiger partial charge in [0.15, 0.2) is 0 Å². The molecule has 1 aromatic rings. The molecule has 1 saturated carbocycles. The molecule has 136 valence electrons. The molecular formula is C19H26N2O4. The maximum Gasteiger partial charge on any atom is 0.410 e. The normalized spacial score (nSPS) is 24.5. The van der Waals surface area contributed by atoms with Crippen LogP contribution in [-0.4, -0.2) is 53.8 Å². The van der Waals surface area contributed by atoms with Crippen LogP contribution >= 0.6 is 0 Å². The van der Waals surface area contributed by atoms with Gasteiger partial charge in [-0.2, -0.15) is 0 Å².